The first-order valence-corrected chi connectivity index (χ1v) is 10.1. The quantitative estimate of drug-likeness (QED) is 0.721. The summed E-state index contributed by atoms with van der Waals surface area (Å²) in [6.45, 7) is 5.28. The number of carbonyl (C=O) groups is 2. The van der Waals surface area contributed by atoms with Gasteiger partial charge in [0.2, 0.25) is 5.91 Å². The topological polar surface area (TPSA) is 95.6 Å². The molecule has 8 nitrogen and oxygen atoms in total. The van der Waals surface area contributed by atoms with Gasteiger partial charge in [0.15, 0.2) is 0 Å². The van der Waals surface area contributed by atoms with E-state index in [2.05, 4.69) is 9.97 Å². The van der Waals surface area contributed by atoms with Gasteiger partial charge in [0.1, 0.15) is 11.9 Å². The zero-order valence-electron chi connectivity index (χ0n) is 17.3. The standard InChI is InChI=1S/C21H25ClN4O4/c1-13-16(20(28)24-14(2)23-13)12-18(27)25-8-10-26(11-9-25)19(21(29)30-3)15-6-4-5-7-17(15)22/h4-7,19H,8-12H2,1-3H3,(H,23,24,28)/t19-/m1/s1. The van der Waals surface area contributed by atoms with Crippen LogP contribution in [0, 0.1) is 13.8 Å². The Morgan fingerprint density at radius 1 is 1.20 bits per heavy atom. The fourth-order valence-corrected chi connectivity index (χ4v) is 3.97. The van der Waals surface area contributed by atoms with Gasteiger partial charge in [-0.2, -0.15) is 0 Å². The van der Waals surface area contributed by atoms with Crippen LogP contribution in [0.15, 0.2) is 29.1 Å². The van der Waals surface area contributed by atoms with Gasteiger partial charge in [-0.3, -0.25) is 14.5 Å². The monoisotopic (exact) mass is 432 g/mol. The molecule has 1 amide bonds. The Morgan fingerprint density at radius 2 is 1.87 bits per heavy atom. The van der Waals surface area contributed by atoms with Crippen molar-refractivity contribution in [2.75, 3.05) is 33.3 Å². The maximum atomic E-state index is 12.8. The number of hydrogen-bond acceptors (Lipinski definition) is 6. The predicted octanol–water partition coefficient (Wildman–Crippen LogP) is 1.64. The Bertz CT molecular complexity index is 999. The van der Waals surface area contributed by atoms with Gasteiger partial charge in [-0.1, -0.05) is 29.8 Å². The van der Waals surface area contributed by atoms with Crippen molar-refractivity contribution in [1.29, 1.82) is 0 Å². The molecular weight excluding hydrogens is 408 g/mol. The van der Waals surface area contributed by atoms with Crippen LogP contribution in [-0.4, -0.2) is 64.9 Å². The number of nitrogens with zero attached hydrogens (tertiary/aromatic N) is 3. The third kappa shape index (κ3) is 4.71. The Labute approximate surface area is 179 Å². The van der Waals surface area contributed by atoms with E-state index in [0.29, 0.717) is 53.8 Å². The number of hydrogen-bond donors (Lipinski definition) is 1. The number of amides is 1. The summed E-state index contributed by atoms with van der Waals surface area (Å²) in [4.78, 5) is 48.0. The number of esters is 1. The number of H-pyrrole nitrogens is 1. The number of carbonyl (C=O) groups excluding carboxylic acids is 2. The summed E-state index contributed by atoms with van der Waals surface area (Å²) < 4.78 is 5.00. The van der Waals surface area contributed by atoms with Gasteiger partial charge in [-0.15, -0.1) is 0 Å². The first-order valence-electron chi connectivity index (χ1n) is 9.72. The molecule has 30 heavy (non-hydrogen) atoms. The van der Waals surface area contributed by atoms with Gasteiger partial charge >= 0.3 is 5.97 Å². The third-order valence-corrected chi connectivity index (χ3v) is 5.67. The van der Waals surface area contributed by atoms with Gasteiger partial charge in [-0.05, 0) is 25.5 Å². The minimum Gasteiger partial charge on any atom is -0.468 e. The van der Waals surface area contributed by atoms with E-state index in [0.717, 1.165) is 0 Å². The number of aromatic nitrogens is 2. The second-order valence-corrected chi connectivity index (χ2v) is 7.66. The summed E-state index contributed by atoms with van der Waals surface area (Å²) in [6.07, 6.45) is -0.000605. The molecule has 1 aromatic carbocycles. The summed E-state index contributed by atoms with van der Waals surface area (Å²) in [5.41, 5.74) is 1.35. The average molecular weight is 433 g/mol. The molecule has 9 heteroatoms. The van der Waals surface area contributed by atoms with Crippen LogP contribution in [0.1, 0.15) is 28.7 Å². The number of aryl methyl sites for hydroxylation is 2. The summed E-state index contributed by atoms with van der Waals surface area (Å²) in [5, 5.41) is 0.493. The summed E-state index contributed by atoms with van der Waals surface area (Å²) in [7, 11) is 1.35. The van der Waals surface area contributed by atoms with Gasteiger partial charge in [0.05, 0.1) is 13.5 Å². The highest BCUT2D eigenvalue weighted by Gasteiger charge is 2.33. The molecule has 1 N–H and O–H groups in total. The number of methoxy groups -OCH3 is 1. The van der Waals surface area contributed by atoms with Crippen LogP contribution in [0.4, 0.5) is 0 Å². The Kier molecular flexibility index (Phi) is 6.89. The van der Waals surface area contributed by atoms with E-state index in [-0.39, 0.29) is 17.9 Å². The van der Waals surface area contributed by atoms with Crippen molar-refractivity contribution in [1.82, 2.24) is 19.8 Å². The molecule has 1 aliphatic rings. The lowest BCUT2D eigenvalue weighted by Crippen LogP contribution is -2.51. The lowest BCUT2D eigenvalue weighted by atomic mass is 10.0. The van der Waals surface area contributed by atoms with E-state index >= 15 is 0 Å². The zero-order chi connectivity index (χ0) is 21.8. The highest BCUT2D eigenvalue weighted by atomic mass is 35.5. The molecule has 1 aliphatic heterocycles. The first-order chi connectivity index (χ1) is 14.3. The smallest absolute Gasteiger partial charge is 0.327 e. The molecule has 2 aromatic rings. The number of rotatable bonds is 5. The van der Waals surface area contributed by atoms with E-state index in [1.54, 1.807) is 36.9 Å². The average Bonchev–Trinajstić information content (AvgIpc) is 2.72. The maximum Gasteiger partial charge on any atom is 0.327 e. The van der Waals surface area contributed by atoms with Crippen molar-refractivity contribution >= 4 is 23.5 Å². The number of nitrogens with one attached hydrogen (secondary N) is 1. The number of aromatic amines is 1. The highest BCUT2D eigenvalue weighted by Crippen LogP contribution is 2.29. The molecule has 3 rings (SSSR count). The second kappa shape index (κ2) is 9.40. The van der Waals surface area contributed by atoms with Crippen LogP contribution < -0.4 is 5.56 Å². The third-order valence-electron chi connectivity index (χ3n) is 5.33. The van der Waals surface area contributed by atoms with Crippen molar-refractivity contribution in [3.63, 3.8) is 0 Å². The van der Waals surface area contributed by atoms with Crippen molar-refractivity contribution in [2.45, 2.75) is 26.3 Å². The van der Waals surface area contributed by atoms with Crippen LogP contribution in [0.2, 0.25) is 5.02 Å². The maximum absolute atomic E-state index is 12.8. The number of piperazine rings is 1. The molecule has 1 atom stereocenters. The molecule has 160 valence electrons. The molecule has 0 spiro atoms. The molecule has 0 radical (unpaired) electrons. The largest absolute Gasteiger partial charge is 0.468 e. The van der Waals surface area contributed by atoms with Crippen LogP contribution in [0.5, 0.6) is 0 Å². The van der Waals surface area contributed by atoms with Crippen molar-refractivity contribution in [3.05, 3.63) is 62.3 Å². The van der Waals surface area contributed by atoms with Crippen LogP contribution in [0.25, 0.3) is 0 Å². The second-order valence-electron chi connectivity index (χ2n) is 7.26. The van der Waals surface area contributed by atoms with E-state index in [1.165, 1.54) is 7.11 Å². The Balaban J connectivity index is 1.70. The minimum atomic E-state index is -0.632. The fourth-order valence-electron chi connectivity index (χ4n) is 3.73. The van der Waals surface area contributed by atoms with Gasteiger partial charge in [-0.25, -0.2) is 9.78 Å². The van der Waals surface area contributed by atoms with Gasteiger partial charge in [0.25, 0.3) is 5.56 Å². The minimum absolute atomic E-state index is 0.000605. The molecule has 1 saturated heterocycles. The molecule has 1 fully saturated rings. The molecule has 0 unspecified atom stereocenters. The highest BCUT2D eigenvalue weighted by molar-refractivity contribution is 6.31. The first kappa shape index (κ1) is 22.0. The van der Waals surface area contributed by atoms with Crippen LogP contribution >= 0.6 is 11.6 Å². The molecule has 0 saturated carbocycles. The fraction of sp³-hybridized carbons (Fsp3) is 0.429. The van der Waals surface area contributed by atoms with E-state index < -0.39 is 12.0 Å². The molecule has 2 heterocycles. The Hall–Kier alpha value is -2.71. The Morgan fingerprint density at radius 3 is 2.47 bits per heavy atom. The van der Waals surface area contributed by atoms with E-state index in [4.69, 9.17) is 16.3 Å². The molecule has 1 aromatic heterocycles. The predicted molar refractivity (Wildman–Crippen MR) is 112 cm³/mol. The lowest BCUT2D eigenvalue weighted by Gasteiger charge is -2.38. The van der Waals surface area contributed by atoms with Crippen molar-refractivity contribution in [2.24, 2.45) is 0 Å². The van der Waals surface area contributed by atoms with E-state index in [9.17, 15) is 14.4 Å². The van der Waals surface area contributed by atoms with Crippen LogP contribution in [-0.2, 0) is 20.7 Å². The summed E-state index contributed by atoms with van der Waals surface area (Å²) in [6, 6.07) is 6.54. The molecule has 0 bridgehead atoms. The van der Waals surface area contributed by atoms with Gasteiger partial charge in [0, 0.05) is 42.5 Å². The SMILES string of the molecule is COC(=O)[C@@H](c1ccccc1Cl)N1CCN(C(=O)Cc2c(C)nc(C)[nH]c2=O)CC1. The van der Waals surface area contributed by atoms with Gasteiger partial charge < -0.3 is 14.6 Å². The summed E-state index contributed by atoms with van der Waals surface area (Å²) in [5.74, 6) is -0.00670. The van der Waals surface area contributed by atoms with Crippen molar-refractivity contribution in [3.8, 4) is 0 Å². The van der Waals surface area contributed by atoms with Crippen LogP contribution in [0.3, 0.4) is 0 Å². The molecular formula is C21H25ClN4O4. The molecule has 0 aliphatic carbocycles. The number of halogens is 1. The zero-order valence-corrected chi connectivity index (χ0v) is 18.0. The number of ether oxygens (including phenoxy) is 1. The van der Waals surface area contributed by atoms with Crippen molar-refractivity contribution < 1.29 is 14.3 Å². The summed E-state index contributed by atoms with van der Waals surface area (Å²) >= 11 is 6.31. The lowest BCUT2D eigenvalue weighted by molar-refractivity contribution is -0.148. The number of benzene rings is 1. The van der Waals surface area contributed by atoms with E-state index in [1.807, 2.05) is 11.0 Å². The normalized spacial score (nSPS) is 15.7.